The topological polar surface area (TPSA) is 12.0 Å². The molecule has 0 saturated carbocycles. The minimum atomic E-state index is 0.142. The summed E-state index contributed by atoms with van der Waals surface area (Å²) in [7, 11) is 0. The highest BCUT2D eigenvalue weighted by molar-refractivity contribution is 5.23. The van der Waals surface area contributed by atoms with Gasteiger partial charge in [0.15, 0.2) is 0 Å². The van der Waals surface area contributed by atoms with Crippen LogP contribution in [0.15, 0.2) is 12.2 Å². The molecule has 1 N–H and O–H groups in total. The predicted octanol–water partition coefficient (Wildman–Crippen LogP) is 2.09. The maximum atomic E-state index is 4.04. The lowest BCUT2D eigenvalue weighted by Gasteiger charge is -2.24. The van der Waals surface area contributed by atoms with Gasteiger partial charge in [-0.15, -0.1) is 0 Å². The molecule has 0 spiro atoms. The van der Waals surface area contributed by atoms with Crippen molar-refractivity contribution >= 4 is 0 Å². The van der Waals surface area contributed by atoms with Crippen molar-refractivity contribution in [3.63, 3.8) is 0 Å². The lowest BCUT2D eigenvalue weighted by molar-refractivity contribution is 0.379. The molecule has 10 heavy (non-hydrogen) atoms. The first-order chi connectivity index (χ1) is 4.33. The molecular weight excluding hydrogens is 122 g/mol. The van der Waals surface area contributed by atoms with E-state index in [1.54, 1.807) is 0 Å². The zero-order chi connectivity index (χ0) is 7.99. The van der Waals surface area contributed by atoms with Gasteiger partial charge in [0.1, 0.15) is 0 Å². The maximum Gasteiger partial charge on any atom is 0.0339 e. The minimum Gasteiger partial charge on any atom is -0.303 e. The van der Waals surface area contributed by atoms with Gasteiger partial charge in [0.25, 0.3) is 0 Å². The van der Waals surface area contributed by atoms with Crippen LogP contribution in [0.3, 0.4) is 0 Å². The van der Waals surface area contributed by atoms with E-state index in [9.17, 15) is 0 Å². The van der Waals surface area contributed by atoms with E-state index in [4.69, 9.17) is 0 Å². The van der Waals surface area contributed by atoms with Crippen molar-refractivity contribution in [2.24, 2.45) is 0 Å². The lowest BCUT2D eigenvalue weighted by Crippen LogP contribution is -2.43. The van der Waals surface area contributed by atoms with E-state index in [1.807, 2.05) is 0 Å². The smallest absolute Gasteiger partial charge is 0.0339 e. The monoisotopic (exact) mass is 139 g/mol. The fourth-order valence-electron chi connectivity index (χ4n) is 1.73. The molecule has 0 aromatic heterocycles. The van der Waals surface area contributed by atoms with Crippen LogP contribution in [0, 0.1) is 0 Å². The van der Waals surface area contributed by atoms with E-state index in [2.05, 4.69) is 39.6 Å². The lowest BCUT2D eigenvalue weighted by atomic mass is 9.96. The van der Waals surface area contributed by atoms with Gasteiger partial charge in [-0.2, -0.15) is 0 Å². The van der Waals surface area contributed by atoms with Gasteiger partial charge in [-0.3, -0.25) is 0 Å². The van der Waals surface area contributed by atoms with E-state index in [0.29, 0.717) is 0 Å². The molecule has 1 fully saturated rings. The zero-order valence-corrected chi connectivity index (χ0v) is 7.41. The number of rotatable bonds is 0. The van der Waals surface area contributed by atoms with Gasteiger partial charge in [-0.05, 0) is 34.1 Å². The molecule has 0 bridgehead atoms. The van der Waals surface area contributed by atoms with E-state index in [-0.39, 0.29) is 11.1 Å². The van der Waals surface area contributed by atoms with E-state index < -0.39 is 0 Å². The summed E-state index contributed by atoms with van der Waals surface area (Å²) in [5.74, 6) is 0. The number of hydrogen-bond donors (Lipinski definition) is 1. The highest BCUT2D eigenvalue weighted by Gasteiger charge is 2.38. The van der Waals surface area contributed by atoms with Crippen LogP contribution >= 0.6 is 0 Å². The summed E-state index contributed by atoms with van der Waals surface area (Å²) in [6.07, 6.45) is 1.10. The minimum absolute atomic E-state index is 0.142. The van der Waals surface area contributed by atoms with Gasteiger partial charge in [-0.1, -0.05) is 12.2 Å². The first-order valence-electron chi connectivity index (χ1n) is 3.81. The highest BCUT2D eigenvalue weighted by Crippen LogP contribution is 2.33. The Bertz CT molecular complexity index is 166. The van der Waals surface area contributed by atoms with Gasteiger partial charge in [0.05, 0.1) is 0 Å². The third kappa shape index (κ3) is 1.24. The van der Waals surface area contributed by atoms with Crippen LogP contribution in [0.2, 0.25) is 0 Å². The molecule has 0 radical (unpaired) electrons. The Morgan fingerprint density at radius 2 is 1.80 bits per heavy atom. The van der Waals surface area contributed by atoms with E-state index >= 15 is 0 Å². The quantitative estimate of drug-likeness (QED) is 0.507. The first-order valence-corrected chi connectivity index (χ1v) is 3.81. The molecule has 58 valence electrons. The predicted molar refractivity (Wildman–Crippen MR) is 45.1 cm³/mol. The fourth-order valence-corrected chi connectivity index (χ4v) is 1.73. The summed E-state index contributed by atoms with van der Waals surface area (Å²) in [5, 5.41) is 3.52. The van der Waals surface area contributed by atoms with Crippen LogP contribution in [0.5, 0.6) is 0 Å². The van der Waals surface area contributed by atoms with Gasteiger partial charge >= 0.3 is 0 Å². The Labute approximate surface area is 63.5 Å². The molecule has 1 heteroatoms. The molecule has 0 amide bonds. The Hall–Kier alpha value is -0.300. The summed E-state index contributed by atoms with van der Waals surface area (Å²) in [6, 6.07) is 0. The molecule has 0 unspecified atom stereocenters. The zero-order valence-electron chi connectivity index (χ0n) is 7.41. The van der Waals surface area contributed by atoms with Crippen LogP contribution in [-0.2, 0) is 0 Å². The molecular formula is C9H17N. The summed E-state index contributed by atoms with van der Waals surface area (Å²) in [6.45, 7) is 12.8. The fraction of sp³-hybridized carbons (Fsp3) is 0.778. The number of hydrogen-bond acceptors (Lipinski definition) is 1. The van der Waals surface area contributed by atoms with E-state index in [0.717, 1.165) is 6.42 Å². The summed E-state index contributed by atoms with van der Waals surface area (Å²) < 4.78 is 0. The van der Waals surface area contributed by atoms with Crippen LogP contribution in [0.1, 0.15) is 34.1 Å². The normalized spacial score (nSPS) is 29.0. The Morgan fingerprint density at radius 3 is 1.90 bits per heavy atom. The van der Waals surface area contributed by atoms with Crippen molar-refractivity contribution in [3.05, 3.63) is 12.2 Å². The van der Waals surface area contributed by atoms with Gasteiger partial charge < -0.3 is 5.32 Å². The molecule has 0 aliphatic carbocycles. The molecule has 1 rings (SSSR count). The SMILES string of the molecule is C=C1CC(C)(C)NC1(C)C. The van der Waals surface area contributed by atoms with Gasteiger partial charge in [0.2, 0.25) is 0 Å². The Balaban J connectivity index is 2.81. The molecule has 1 aliphatic rings. The van der Waals surface area contributed by atoms with Crippen molar-refractivity contribution in [1.82, 2.24) is 5.32 Å². The van der Waals surface area contributed by atoms with Crippen molar-refractivity contribution in [1.29, 1.82) is 0 Å². The van der Waals surface area contributed by atoms with Crippen LogP contribution < -0.4 is 5.32 Å². The molecule has 0 atom stereocenters. The average Bonchev–Trinajstić information content (AvgIpc) is 1.73. The molecule has 1 aliphatic heterocycles. The van der Waals surface area contributed by atoms with Crippen LogP contribution in [0.4, 0.5) is 0 Å². The second-order valence-electron chi connectivity index (χ2n) is 4.41. The highest BCUT2D eigenvalue weighted by atomic mass is 15.1. The van der Waals surface area contributed by atoms with Crippen molar-refractivity contribution in [3.8, 4) is 0 Å². The second-order valence-corrected chi connectivity index (χ2v) is 4.41. The molecule has 1 saturated heterocycles. The first kappa shape index (κ1) is 7.80. The molecule has 0 aromatic carbocycles. The molecule has 1 heterocycles. The molecule has 0 aromatic rings. The third-order valence-electron chi connectivity index (χ3n) is 2.19. The van der Waals surface area contributed by atoms with Gasteiger partial charge in [0, 0.05) is 11.1 Å². The standard InChI is InChI=1S/C9H17N/c1-7-6-8(2,3)10-9(7,4)5/h10H,1,6H2,2-5H3. The van der Waals surface area contributed by atoms with Crippen molar-refractivity contribution in [2.45, 2.75) is 45.2 Å². The molecule has 1 nitrogen and oxygen atoms in total. The van der Waals surface area contributed by atoms with E-state index in [1.165, 1.54) is 5.57 Å². The third-order valence-corrected chi connectivity index (χ3v) is 2.19. The van der Waals surface area contributed by atoms with Crippen molar-refractivity contribution < 1.29 is 0 Å². The van der Waals surface area contributed by atoms with Crippen molar-refractivity contribution in [2.75, 3.05) is 0 Å². The average molecular weight is 139 g/mol. The largest absolute Gasteiger partial charge is 0.303 e. The van der Waals surface area contributed by atoms with Crippen LogP contribution in [0.25, 0.3) is 0 Å². The van der Waals surface area contributed by atoms with Crippen LogP contribution in [-0.4, -0.2) is 11.1 Å². The Kier molecular flexibility index (Phi) is 1.44. The second kappa shape index (κ2) is 1.85. The summed E-state index contributed by atoms with van der Waals surface area (Å²) in [5.41, 5.74) is 1.71. The van der Waals surface area contributed by atoms with Gasteiger partial charge in [-0.25, -0.2) is 0 Å². The number of nitrogens with one attached hydrogen (secondary N) is 1. The summed E-state index contributed by atoms with van der Waals surface area (Å²) >= 11 is 0. The maximum absolute atomic E-state index is 4.04. The summed E-state index contributed by atoms with van der Waals surface area (Å²) in [4.78, 5) is 0. The Morgan fingerprint density at radius 1 is 1.30 bits per heavy atom.